The van der Waals surface area contributed by atoms with Gasteiger partial charge in [0.2, 0.25) is 0 Å². The molecule has 1 aromatic heterocycles. The number of carboxylic acids is 1. The second-order valence-corrected chi connectivity index (χ2v) is 4.63. The number of aryl methyl sites for hydroxylation is 2. The summed E-state index contributed by atoms with van der Waals surface area (Å²) in [6.07, 6.45) is 4.43. The molecule has 19 heavy (non-hydrogen) atoms. The minimum Gasteiger partial charge on any atom is -0.478 e. The summed E-state index contributed by atoms with van der Waals surface area (Å²) in [5.74, 6) is -0.962. The van der Waals surface area contributed by atoms with Crippen LogP contribution in [0, 0.1) is 13.8 Å². The number of carbonyl (C=O) groups is 1. The highest BCUT2D eigenvalue weighted by Crippen LogP contribution is 2.20. The van der Waals surface area contributed by atoms with Crippen LogP contribution in [0.3, 0.4) is 0 Å². The van der Waals surface area contributed by atoms with Crippen LogP contribution in [0.15, 0.2) is 30.5 Å². The Bertz CT molecular complexity index is 640. The van der Waals surface area contributed by atoms with Crippen LogP contribution in [0.1, 0.15) is 16.8 Å². The fourth-order valence-corrected chi connectivity index (χ4v) is 1.90. The number of halogens is 1. The molecule has 1 aromatic carbocycles. The summed E-state index contributed by atoms with van der Waals surface area (Å²) < 4.78 is 1.72. The summed E-state index contributed by atoms with van der Waals surface area (Å²) in [4.78, 5) is 10.5. The standard InChI is InChI=1S/C14H13ClN2O2/c1-9-7-11(4-6-14(18)19)3-5-13(9)17-8-12(15)10(2)16-17/h3-8H,1-2H3,(H,18,19). The molecule has 0 bridgehead atoms. The van der Waals surface area contributed by atoms with E-state index >= 15 is 0 Å². The van der Waals surface area contributed by atoms with Crippen molar-refractivity contribution in [2.24, 2.45) is 0 Å². The summed E-state index contributed by atoms with van der Waals surface area (Å²) in [7, 11) is 0. The lowest BCUT2D eigenvalue weighted by molar-refractivity contribution is -0.131. The minimum absolute atomic E-state index is 0.620. The van der Waals surface area contributed by atoms with Gasteiger partial charge in [-0.1, -0.05) is 17.7 Å². The van der Waals surface area contributed by atoms with Gasteiger partial charge in [-0.15, -0.1) is 0 Å². The molecule has 0 atom stereocenters. The first-order chi connectivity index (χ1) is 8.97. The van der Waals surface area contributed by atoms with Gasteiger partial charge in [0.15, 0.2) is 0 Å². The number of rotatable bonds is 3. The van der Waals surface area contributed by atoms with E-state index in [-0.39, 0.29) is 0 Å². The van der Waals surface area contributed by atoms with Crippen molar-refractivity contribution < 1.29 is 9.90 Å². The summed E-state index contributed by atoms with van der Waals surface area (Å²) in [5.41, 5.74) is 3.52. The van der Waals surface area contributed by atoms with E-state index < -0.39 is 5.97 Å². The van der Waals surface area contributed by atoms with Gasteiger partial charge in [-0.3, -0.25) is 0 Å². The Kier molecular flexibility index (Phi) is 3.71. The fraction of sp³-hybridized carbons (Fsp3) is 0.143. The van der Waals surface area contributed by atoms with Crippen LogP contribution in [0.5, 0.6) is 0 Å². The van der Waals surface area contributed by atoms with Gasteiger partial charge in [-0.25, -0.2) is 9.48 Å². The van der Waals surface area contributed by atoms with E-state index in [1.54, 1.807) is 17.0 Å². The molecule has 0 saturated heterocycles. The van der Waals surface area contributed by atoms with Crippen molar-refractivity contribution in [2.45, 2.75) is 13.8 Å². The Labute approximate surface area is 115 Å². The monoisotopic (exact) mass is 276 g/mol. The van der Waals surface area contributed by atoms with E-state index in [0.717, 1.165) is 28.6 Å². The van der Waals surface area contributed by atoms with Crippen molar-refractivity contribution in [1.82, 2.24) is 9.78 Å². The smallest absolute Gasteiger partial charge is 0.328 e. The van der Waals surface area contributed by atoms with Crippen LogP contribution in [0.25, 0.3) is 11.8 Å². The molecule has 1 N–H and O–H groups in total. The maximum Gasteiger partial charge on any atom is 0.328 e. The number of aromatic nitrogens is 2. The molecule has 2 rings (SSSR count). The van der Waals surface area contributed by atoms with Crippen LogP contribution in [0.4, 0.5) is 0 Å². The highest BCUT2D eigenvalue weighted by molar-refractivity contribution is 6.31. The molecule has 0 aliphatic rings. The predicted octanol–water partition coefficient (Wildman–Crippen LogP) is 3.24. The van der Waals surface area contributed by atoms with Crippen molar-refractivity contribution in [2.75, 3.05) is 0 Å². The third-order valence-corrected chi connectivity index (χ3v) is 3.10. The maximum atomic E-state index is 10.5. The second kappa shape index (κ2) is 5.28. The number of hydrogen-bond donors (Lipinski definition) is 1. The molecule has 0 fully saturated rings. The Morgan fingerprint density at radius 1 is 1.42 bits per heavy atom. The van der Waals surface area contributed by atoms with E-state index in [2.05, 4.69) is 5.10 Å². The Morgan fingerprint density at radius 2 is 2.16 bits per heavy atom. The molecular formula is C14H13ClN2O2. The minimum atomic E-state index is -0.962. The Morgan fingerprint density at radius 3 is 2.68 bits per heavy atom. The number of aliphatic carboxylic acids is 1. The quantitative estimate of drug-likeness (QED) is 0.876. The summed E-state index contributed by atoms with van der Waals surface area (Å²) in [6.45, 7) is 3.79. The molecule has 98 valence electrons. The van der Waals surface area contributed by atoms with Gasteiger partial charge >= 0.3 is 5.97 Å². The van der Waals surface area contributed by atoms with Gasteiger partial charge in [-0.05, 0) is 43.2 Å². The van der Waals surface area contributed by atoms with Crippen LogP contribution in [-0.2, 0) is 4.79 Å². The normalized spacial score (nSPS) is 11.1. The molecular weight excluding hydrogens is 264 g/mol. The summed E-state index contributed by atoms with van der Waals surface area (Å²) in [5, 5.41) is 13.5. The van der Waals surface area contributed by atoms with Crippen LogP contribution in [-0.4, -0.2) is 20.9 Å². The van der Waals surface area contributed by atoms with Gasteiger partial charge < -0.3 is 5.11 Å². The van der Waals surface area contributed by atoms with E-state index in [1.165, 1.54) is 0 Å². The summed E-state index contributed by atoms with van der Waals surface area (Å²) >= 11 is 5.99. The molecule has 0 aliphatic carbocycles. The average molecular weight is 277 g/mol. The number of hydrogen-bond acceptors (Lipinski definition) is 2. The van der Waals surface area contributed by atoms with E-state index in [4.69, 9.17) is 16.7 Å². The van der Waals surface area contributed by atoms with Gasteiger partial charge in [0, 0.05) is 12.3 Å². The molecule has 0 spiro atoms. The third kappa shape index (κ3) is 3.03. The van der Waals surface area contributed by atoms with Crippen molar-refractivity contribution in [3.63, 3.8) is 0 Å². The molecule has 0 aliphatic heterocycles. The molecule has 0 saturated carbocycles. The zero-order valence-corrected chi connectivity index (χ0v) is 11.3. The molecule has 2 aromatic rings. The number of benzene rings is 1. The van der Waals surface area contributed by atoms with Gasteiger partial charge in [0.25, 0.3) is 0 Å². The van der Waals surface area contributed by atoms with Crippen molar-refractivity contribution in [3.05, 3.63) is 52.3 Å². The third-order valence-electron chi connectivity index (χ3n) is 2.73. The molecule has 5 heteroatoms. The van der Waals surface area contributed by atoms with Crippen LogP contribution < -0.4 is 0 Å². The SMILES string of the molecule is Cc1cc(C=CC(=O)O)ccc1-n1cc(Cl)c(C)n1. The number of nitrogens with zero attached hydrogens (tertiary/aromatic N) is 2. The lowest BCUT2D eigenvalue weighted by Crippen LogP contribution is -1.98. The van der Waals surface area contributed by atoms with Gasteiger partial charge in [0.05, 0.1) is 16.4 Å². The van der Waals surface area contributed by atoms with Crippen LogP contribution in [0.2, 0.25) is 5.02 Å². The zero-order chi connectivity index (χ0) is 14.0. The molecule has 0 unspecified atom stereocenters. The van der Waals surface area contributed by atoms with Gasteiger partial charge in [-0.2, -0.15) is 5.10 Å². The van der Waals surface area contributed by atoms with E-state index in [0.29, 0.717) is 5.02 Å². The lowest BCUT2D eigenvalue weighted by atomic mass is 10.1. The molecule has 0 amide bonds. The zero-order valence-electron chi connectivity index (χ0n) is 10.6. The van der Waals surface area contributed by atoms with Crippen molar-refractivity contribution in [3.8, 4) is 5.69 Å². The topological polar surface area (TPSA) is 55.1 Å². The first-order valence-corrected chi connectivity index (χ1v) is 6.09. The summed E-state index contributed by atoms with van der Waals surface area (Å²) in [6, 6.07) is 5.63. The predicted molar refractivity (Wildman–Crippen MR) is 74.7 cm³/mol. The number of carboxylic acid groups (broad SMARTS) is 1. The Hall–Kier alpha value is -2.07. The first kappa shape index (κ1) is 13.4. The molecule has 4 nitrogen and oxygen atoms in total. The van der Waals surface area contributed by atoms with Crippen molar-refractivity contribution in [1.29, 1.82) is 0 Å². The average Bonchev–Trinajstić information content (AvgIpc) is 2.67. The van der Waals surface area contributed by atoms with Gasteiger partial charge in [0.1, 0.15) is 0 Å². The highest BCUT2D eigenvalue weighted by Gasteiger charge is 2.06. The molecule has 0 radical (unpaired) electrons. The Balaban J connectivity index is 2.36. The van der Waals surface area contributed by atoms with Crippen molar-refractivity contribution >= 4 is 23.6 Å². The van der Waals surface area contributed by atoms with E-state index in [9.17, 15) is 4.79 Å². The lowest BCUT2D eigenvalue weighted by Gasteiger charge is -2.06. The maximum absolute atomic E-state index is 10.5. The largest absolute Gasteiger partial charge is 0.478 e. The van der Waals surface area contributed by atoms with Crippen LogP contribution >= 0.6 is 11.6 Å². The highest BCUT2D eigenvalue weighted by atomic mass is 35.5. The molecule has 1 heterocycles. The second-order valence-electron chi connectivity index (χ2n) is 4.22. The first-order valence-electron chi connectivity index (χ1n) is 5.71. The fourth-order valence-electron chi connectivity index (χ4n) is 1.77. The van der Waals surface area contributed by atoms with E-state index in [1.807, 2.05) is 32.0 Å².